The Morgan fingerprint density at radius 3 is 2.59 bits per heavy atom. The zero-order chi connectivity index (χ0) is 20.4. The van der Waals surface area contributed by atoms with Gasteiger partial charge in [0.05, 0.1) is 15.7 Å². The SMILES string of the molecule is Cc1c(C2CCNC(Cc3ccccc3)C2)cnc(-c2cccc(Cl)c2Cl)c1C. The standard InChI is InChI=1S/C25H26Cl2N2/c1-16-17(2)25(21-9-6-10-23(26)24(21)27)29-15-22(16)19-11-12-28-20(14-19)13-18-7-4-3-5-8-18/h3-10,15,19-20,28H,11-14H2,1-2H3. The van der Waals surface area contributed by atoms with Crippen LogP contribution in [0.1, 0.15) is 41.0 Å². The van der Waals surface area contributed by atoms with Gasteiger partial charge >= 0.3 is 0 Å². The molecule has 4 heteroatoms. The maximum atomic E-state index is 6.46. The van der Waals surface area contributed by atoms with Crippen molar-refractivity contribution in [3.05, 3.63) is 87.0 Å². The van der Waals surface area contributed by atoms with Gasteiger partial charge in [-0.05, 0) is 73.9 Å². The van der Waals surface area contributed by atoms with Gasteiger partial charge in [-0.3, -0.25) is 4.98 Å². The molecule has 1 aliphatic heterocycles. The predicted octanol–water partition coefficient (Wildman–Crippen LogP) is 6.75. The Balaban J connectivity index is 1.59. The number of hydrogen-bond acceptors (Lipinski definition) is 2. The highest BCUT2D eigenvalue weighted by Gasteiger charge is 2.25. The molecule has 0 amide bonds. The Labute approximate surface area is 183 Å². The molecule has 150 valence electrons. The Morgan fingerprint density at radius 1 is 1.00 bits per heavy atom. The van der Waals surface area contributed by atoms with Crippen LogP contribution in [-0.2, 0) is 6.42 Å². The molecule has 1 aliphatic rings. The van der Waals surface area contributed by atoms with E-state index in [0.29, 0.717) is 22.0 Å². The second-order valence-electron chi connectivity index (χ2n) is 7.98. The molecular weight excluding hydrogens is 399 g/mol. The van der Waals surface area contributed by atoms with Crippen LogP contribution in [-0.4, -0.2) is 17.6 Å². The van der Waals surface area contributed by atoms with Crippen molar-refractivity contribution in [2.24, 2.45) is 0 Å². The zero-order valence-electron chi connectivity index (χ0n) is 16.9. The summed E-state index contributed by atoms with van der Waals surface area (Å²) in [6, 6.07) is 17.0. The van der Waals surface area contributed by atoms with E-state index in [0.717, 1.165) is 37.1 Å². The average molecular weight is 425 g/mol. The predicted molar refractivity (Wildman–Crippen MR) is 123 cm³/mol. The maximum absolute atomic E-state index is 6.46. The number of halogens is 2. The number of pyridine rings is 1. The van der Waals surface area contributed by atoms with E-state index in [1.165, 1.54) is 22.3 Å². The summed E-state index contributed by atoms with van der Waals surface area (Å²) in [5.74, 6) is 0.528. The van der Waals surface area contributed by atoms with Gasteiger partial charge in [0.2, 0.25) is 0 Å². The summed E-state index contributed by atoms with van der Waals surface area (Å²) in [7, 11) is 0. The molecule has 1 fully saturated rings. The first kappa shape index (κ1) is 20.4. The third kappa shape index (κ3) is 4.35. The van der Waals surface area contributed by atoms with E-state index >= 15 is 0 Å². The number of aromatic nitrogens is 1. The van der Waals surface area contributed by atoms with Gasteiger partial charge in [-0.15, -0.1) is 0 Å². The summed E-state index contributed by atoms with van der Waals surface area (Å²) >= 11 is 12.7. The minimum absolute atomic E-state index is 0.498. The van der Waals surface area contributed by atoms with Crippen molar-refractivity contribution in [3.8, 4) is 11.3 Å². The first-order chi connectivity index (χ1) is 14.0. The second kappa shape index (κ2) is 8.87. The zero-order valence-corrected chi connectivity index (χ0v) is 18.4. The van der Waals surface area contributed by atoms with Gasteiger partial charge < -0.3 is 5.32 Å². The summed E-state index contributed by atoms with van der Waals surface area (Å²) in [6.45, 7) is 5.39. The highest BCUT2D eigenvalue weighted by molar-refractivity contribution is 6.43. The lowest BCUT2D eigenvalue weighted by atomic mass is 9.82. The molecule has 2 heterocycles. The highest BCUT2D eigenvalue weighted by Crippen LogP contribution is 2.38. The fraction of sp³-hybridized carbons (Fsp3) is 0.320. The van der Waals surface area contributed by atoms with Crippen LogP contribution in [0.3, 0.4) is 0 Å². The Morgan fingerprint density at radius 2 is 1.79 bits per heavy atom. The number of rotatable bonds is 4. The first-order valence-corrected chi connectivity index (χ1v) is 11.0. The molecule has 0 bridgehead atoms. The Bertz CT molecular complexity index is 1000. The molecule has 1 aromatic heterocycles. The number of hydrogen-bond donors (Lipinski definition) is 1. The number of benzene rings is 2. The highest BCUT2D eigenvalue weighted by atomic mass is 35.5. The normalized spacial score (nSPS) is 19.3. The third-order valence-electron chi connectivity index (χ3n) is 6.15. The average Bonchev–Trinajstić information content (AvgIpc) is 2.73. The van der Waals surface area contributed by atoms with Crippen LogP contribution in [0.2, 0.25) is 10.0 Å². The molecule has 0 spiro atoms. The van der Waals surface area contributed by atoms with E-state index in [1.54, 1.807) is 0 Å². The van der Waals surface area contributed by atoms with Crippen LogP contribution in [0, 0.1) is 13.8 Å². The molecule has 2 atom stereocenters. The topological polar surface area (TPSA) is 24.9 Å². The molecule has 1 N–H and O–H groups in total. The number of nitrogens with zero attached hydrogens (tertiary/aromatic N) is 1. The Hall–Kier alpha value is -1.87. The summed E-state index contributed by atoms with van der Waals surface area (Å²) in [5, 5.41) is 4.83. The first-order valence-electron chi connectivity index (χ1n) is 10.2. The van der Waals surface area contributed by atoms with Gasteiger partial charge in [0.25, 0.3) is 0 Å². The van der Waals surface area contributed by atoms with E-state index in [1.807, 2.05) is 18.2 Å². The molecule has 0 aliphatic carbocycles. The van der Waals surface area contributed by atoms with E-state index in [9.17, 15) is 0 Å². The van der Waals surface area contributed by atoms with E-state index in [-0.39, 0.29) is 0 Å². The van der Waals surface area contributed by atoms with Gasteiger partial charge in [0.15, 0.2) is 0 Å². The summed E-state index contributed by atoms with van der Waals surface area (Å²) in [5.41, 5.74) is 7.08. The fourth-order valence-electron chi connectivity index (χ4n) is 4.43. The summed E-state index contributed by atoms with van der Waals surface area (Å²) in [4.78, 5) is 4.83. The van der Waals surface area contributed by atoms with Gasteiger partial charge in [-0.1, -0.05) is 65.7 Å². The largest absolute Gasteiger partial charge is 0.314 e. The van der Waals surface area contributed by atoms with Crippen molar-refractivity contribution in [3.63, 3.8) is 0 Å². The molecule has 2 nitrogen and oxygen atoms in total. The van der Waals surface area contributed by atoms with Crippen molar-refractivity contribution in [1.29, 1.82) is 0 Å². The molecule has 2 unspecified atom stereocenters. The van der Waals surface area contributed by atoms with E-state index in [4.69, 9.17) is 28.2 Å². The molecule has 3 aromatic rings. The lowest BCUT2D eigenvalue weighted by Crippen LogP contribution is -2.39. The maximum Gasteiger partial charge on any atom is 0.0749 e. The van der Waals surface area contributed by atoms with Crippen LogP contribution in [0.5, 0.6) is 0 Å². The van der Waals surface area contributed by atoms with Crippen LogP contribution in [0.15, 0.2) is 54.7 Å². The van der Waals surface area contributed by atoms with Crippen LogP contribution in [0.25, 0.3) is 11.3 Å². The third-order valence-corrected chi connectivity index (χ3v) is 6.97. The molecule has 29 heavy (non-hydrogen) atoms. The van der Waals surface area contributed by atoms with Gasteiger partial charge in [-0.2, -0.15) is 0 Å². The minimum atomic E-state index is 0.498. The van der Waals surface area contributed by atoms with Crippen molar-refractivity contribution in [1.82, 2.24) is 10.3 Å². The molecule has 0 radical (unpaired) electrons. The smallest absolute Gasteiger partial charge is 0.0749 e. The number of piperidine rings is 1. The van der Waals surface area contributed by atoms with E-state index < -0.39 is 0 Å². The lowest BCUT2D eigenvalue weighted by Gasteiger charge is -2.32. The van der Waals surface area contributed by atoms with Crippen molar-refractivity contribution >= 4 is 23.2 Å². The van der Waals surface area contributed by atoms with Crippen LogP contribution >= 0.6 is 23.2 Å². The quantitative estimate of drug-likeness (QED) is 0.500. The lowest BCUT2D eigenvalue weighted by molar-refractivity contribution is 0.359. The molecule has 0 saturated carbocycles. The minimum Gasteiger partial charge on any atom is -0.314 e. The van der Waals surface area contributed by atoms with Gasteiger partial charge in [0, 0.05) is 17.8 Å². The van der Waals surface area contributed by atoms with Gasteiger partial charge in [-0.25, -0.2) is 0 Å². The fourth-order valence-corrected chi connectivity index (χ4v) is 4.82. The van der Waals surface area contributed by atoms with Crippen molar-refractivity contribution < 1.29 is 0 Å². The molecule has 1 saturated heterocycles. The Kier molecular flexibility index (Phi) is 6.24. The van der Waals surface area contributed by atoms with Crippen LogP contribution in [0.4, 0.5) is 0 Å². The molecule has 2 aromatic carbocycles. The van der Waals surface area contributed by atoms with Crippen molar-refractivity contribution in [2.75, 3.05) is 6.54 Å². The van der Waals surface area contributed by atoms with Gasteiger partial charge in [0.1, 0.15) is 0 Å². The molecular formula is C25H26Cl2N2. The second-order valence-corrected chi connectivity index (χ2v) is 8.76. The number of nitrogens with one attached hydrogen (secondary N) is 1. The monoisotopic (exact) mass is 424 g/mol. The van der Waals surface area contributed by atoms with Crippen LogP contribution < -0.4 is 5.32 Å². The summed E-state index contributed by atoms with van der Waals surface area (Å²) in [6.07, 6.45) is 5.40. The van der Waals surface area contributed by atoms with E-state index in [2.05, 4.69) is 55.7 Å². The molecule has 4 rings (SSSR count). The summed E-state index contributed by atoms with van der Waals surface area (Å²) < 4.78 is 0. The van der Waals surface area contributed by atoms with Crippen molar-refractivity contribution in [2.45, 2.75) is 45.1 Å².